The number of aliphatic carboxylic acids is 1. The van der Waals surface area contributed by atoms with Crippen molar-refractivity contribution in [2.45, 2.75) is 24.5 Å². The molecule has 0 aliphatic heterocycles. The molecule has 14 heavy (non-hydrogen) atoms. The van der Waals surface area contributed by atoms with Crippen molar-refractivity contribution in [1.29, 1.82) is 0 Å². The molecule has 0 aromatic heterocycles. The van der Waals surface area contributed by atoms with Crippen LogP contribution in [0.15, 0.2) is 0 Å². The standard InChI is InChI=1S/C8H15NO4S/c1-14(12,13)6-2-3-8(4-6,5-9)7(10)11/h6H,2-5,9H2,1H3,(H,10,11)/t6-,8-/m0/s1. The van der Waals surface area contributed by atoms with Crippen LogP contribution in [-0.4, -0.2) is 37.5 Å². The zero-order valence-electron chi connectivity index (χ0n) is 8.06. The summed E-state index contributed by atoms with van der Waals surface area (Å²) in [5.74, 6) is -0.980. The second-order valence-corrected chi connectivity index (χ2v) is 6.31. The Morgan fingerprint density at radius 1 is 1.64 bits per heavy atom. The topological polar surface area (TPSA) is 97.5 Å². The molecule has 1 aliphatic carbocycles. The van der Waals surface area contributed by atoms with E-state index < -0.39 is 26.5 Å². The Bertz CT molecular complexity index is 337. The zero-order valence-corrected chi connectivity index (χ0v) is 8.88. The molecule has 0 spiro atoms. The van der Waals surface area contributed by atoms with E-state index in [1.165, 1.54) is 0 Å². The Kier molecular flexibility index (Phi) is 2.87. The predicted molar refractivity (Wildman–Crippen MR) is 51.6 cm³/mol. The van der Waals surface area contributed by atoms with Gasteiger partial charge >= 0.3 is 5.97 Å². The molecule has 82 valence electrons. The smallest absolute Gasteiger partial charge is 0.310 e. The van der Waals surface area contributed by atoms with Crippen LogP contribution >= 0.6 is 0 Å². The SMILES string of the molecule is CS(=O)(=O)[C@H]1CC[C@](CN)(C(=O)O)C1. The molecule has 1 fully saturated rings. The Balaban J connectivity index is 2.87. The Labute approximate surface area is 83.2 Å². The van der Waals surface area contributed by atoms with E-state index in [4.69, 9.17) is 10.8 Å². The lowest BCUT2D eigenvalue weighted by Gasteiger charge is -2.21. The maximum atomic E-state index is 11.2. The maximum absolute atomic E-state index is 11.2. The van der Waals surface area contributed by atoms with Crippen molar-refractivity contribution in [3.63, 3.8) is 0 Å². The monoisotopic (exact) mass is 221 g/mol. The largest absolute Gasteiger partial charge is 0.481 e. The molecule has 0 unspecified atom stereocenters. The molecule has 0 heterocycles. The van der Waals surface area contributed by atoms with Crippen molar-refractivity contribution >= 4 is 15.8 Å². The van der Waals surface area contributed by atoms with Gasteiger partial charge in [0.1, 0.15) is 9.84 Å². The van der Waals surface area contributed by atoms with Crippen LogP contribution in [-0.2, 0) is 14.6 Å². The van der Waals surface area contributed by atoms with Gasteiger partial charge in [-0.15, -0.1) is 0 Å². The number of carboxylic acid groups (broad SMARTS) is 1. The Morgan fingerprint density at radius 2 is 2.21 bits per heavy atom. The highest BCUT2D eigenvalue weighted by molar-refractivity contribution is 7.91. The summed E-state index contributed by atoms with van der Waals surface area (Å²) in [6.45, 7) is 0.00829. The summed E-state index contributed by atoms with van der Waals surface area (Å²) >= 11 is 0. The molecule has 0 bridgehead atoms. The first-order valence-electron chi connectivity index (χ1n) is 4.44. The number of hydrogen-bond donors (Lipinski definition) is 2. The number of rotatable bonds is 3. The number of nitrogens with two attached hydrogens (primary N) is 1. The van der Waals surface area contributed by atoms with Gasteiger partial charge in [0, 0.05) is 12.8 Å². The summed E-state index contributed by atoms with van der Waals surface area (Å²) in [6, 6.07) is 0. The van der Waals surface area contributed by atoms with Crippen molar-refractivity contribution in [2.75, 3.05) is 12.8 Å². The lowest BCUT2D eigenvalue weighted by atomic mass is 9.87. The third-order valence-electron chi connectivity index (χ3n) is 3.01. The van der Waals surface area contributed by atoms with E-state index >= 15 is 0 Å². The minimum Gasteiger partial charge on any atom is -0.481 e. The summed E-state index contributed by atoms with van der Waals surface area (Å²) in [4.78, 5) is 11.0. The number of carboxylic acids is 1. The summed E-state index contributed by atoms with van der Waals surface area (Å²) < 4.78 is 22.5. The van der Waals surface area contributed by atoms with Gasteiger partial charge in [0.2, 0.25) is 0 Å². The van der Waals surface area contributed by atoms with Crippen molar-refractivity contribution < 1.29 is 18.3 Å². The highest BCUT2D eigenvalue weighted by Gasteiger charge is 2.47. The fourth-order valence-electron chi connectivity index (χ4n) is 1.91. The van der Waals surface area contributed by atoms with E-state index in [0.717, 1.165) is 6.26 Å². The van der Waals surface area contributed by atoms with E-state index in [9.17, 15) is 13.2 Å². The Hall–Kier alpha value is -0.620. The van der Waals surface area contributed by atoms with E-state index in [1.54, 1.807) is 0 Å². The van der Waals surface area contributed by atoms with Gasteiger partial charge in [-0.3, -0.25) is 4.79 Å². The second kappa shape index (κ2) is 3.51. The van der Waals surface area contributed by atoms with Crippen LogP contribution in [0, 0.1) is 5.41 Å². The number of carbonyl (C=O) groups is 1. The summed E-state index contributed by atoms with van der Waals surface area (Å²) in [6.07, 6.45) is 2.06. The van der Waals surface area contributed by atoms with Gasteiger partial charge in [0.05, 0.1) is 10.7 Å². The van der Waals surface area contributed by atoms with Gasteiger partial charge in [-0.05, 0) is 19.3 Å². The lowest BCUT2D eigenvalue weighted by molar-refractivity contribution is -0.147. The molecule has 6 heteroatoms. The summed E-state index contributed by atoms with van der Waals surface area (Å²) in [5.41, 5.74) is 4.38. The van der Waals surface area contributed by atoms with Crippen molar-refractivity contribution in [2.24, 2.45) is 11.1 Å². The van der Waals surface area contributed by atoms with Crippen LogP contribution in [0.4, 0.5) is 0 Å². The van der Waals surface area contributed by atoms with Crippen LogP contribution in [0.2, 0.25) is 0 Å². The molecule has 1 saturated carbocycles. The van der Waals surface area contributed by atoms with Gasteiger partial charge in [-0.2, -0.15) is 0 Å². The maximum Gasteiger partial charge on any atom is 0.310 e. The molecule has 3 N–H and O–H groups in total. The Morgan fingerprint density at radius 3 is 2.43 bits per heavy atom. The highest BCUT2D eigenvalue weighted by atomic mass is 32.2. The molecular weight excluding hydrogens is 206 g/mol. The summed E-state index contributed by atoms with van der Waals surface area (Å²) in [7, 11) is -3.14. The van der Waals surface area contributed by atoms with Crippen molar-refractivity contribution in [1.82, 2.24) is 0 Å². The lowest BCUT2D eigenvalue weighted by Crippen LogP contribution is -2.37. The first kappa shape index (κ1) is 11.5. The molecule has 0 aromatic rings. The minimum atomic E-state index is -3.14. The third-order valence-corrected chi connectivity index (χ3v) is 4.63. The van der Waals surface area contributed by atoms with Crippen LogP contribution in [0.5, 0.6) is 0 Å². The van der Waals surface area contributed by atoms with Gasteiger partial charge in [-0.1, -0.05) is 0 Å². The number of sulfone groups is 1. The average molecular weight is 221 g/mol. The molecule has 5 nitrogen and oxygen atoms in total. The molecule has 1 aliphatic rings. The van der Waals surface area contributed by atoms with E-state index in [-0.39, 0.29) is 13.0 Å². The fraction of sp³-hybridized carbons (Fsp3) is 0.875. The first-order valence-corrected chi connectivity index (χ1v) is 6.39. The van der Waals surface area contributed by atoms with E-state index in [0.29, 0.717) is 12.8 Å². The summed E-state index contributed by atoms with van der Waals surface area (Å²) in [5, 5.41) is 8.43. The van der Waals surface area contributed by atoms with Crippen LogP contribution in [0.3, 0.4) is 0 Å². The number of hydrogen-bond acceptors (Lipinski definition) is 4. The second-order valence-electron chi connectivity index (χ2n) is 3.98. The van der Waals surface area contributed by atoms with E-state index in [1.807, 2.05) is 0 Å². The molecule has 0 aromatic carbocycles. The van der Waals surface area contributed by atoms with E-state index in [2.05, 4.69) is 0 Å². The van der Waals surface area contributed by atoms with Gasteiger partial charge in [0.15, 0.2) is 0 Å². The third kappa shape index (κ3) is 1.90. The first-order chi connectivity index (χ1) is 6.32. The molecule has 2 atom stereocenters. The fourth-order valence-corrected chi connectivity index (χ4v) is 3.08. The van der Waals surface area contributed by atoms with Crippen molar-refractivity contribution in [3.05, 3.63) is 0 Å². The van der Waals surface area contributed by atoms with Gasteiger partial charge in [0.25, 0.3) is 0 Å². The highest BCUT2D eigenvalue weighted by Crippen LogP contribution is 2.40. The molecule has 1 rings (SSSR count). The van der Waals surface area contributed by atoms with Crippen molar-refractivity contribution in [3.8, 4) is 0 Å². The normalized spacial score (nSPS) is 33.1. The van der Waals surface area contributed by atoms with Gasteiger partial charge < -0.3 is 10.8 Å². The van der Waals surface area contributed by atoms with Crippen LogP contribution in [0.1, 0.15) is 19.3 Å². The van der Waals surface area contributed by atoms with Gasteiger partial charge in [-0.25, -0.2) is 8.42 Å². The van der Waals surface area contributed by atoms with Crippen LogP contribution < -0.4 is 5.73 Å². The quantitative estimate of drug-likeness (QED) is 0.676. The minimum absolute atomic E-state index is 0.00829. The predicted octanol–water partition coefficient (Wildman–Crippen LogP) is -0.387. The van der Waals surface area contributed by atoms with Crippen LogP contribution in [0.25, 0.3) is 0 Å². The zero-order chi connectivity index (χ0) is 11.0. The molecule has 0 radical (unpaired) electrons. The molecule has 0 amide bonds. The average Bonchev–Trinajstić information content (AvgIpc) is 2.47. The molecular formula is C8H15NO4S. The molecule has 0 saturated heterocycles.